The van der Waals surface area contributed by atoms with Gasteiger partial charge in [-0.15, -0.1) is 0 Å². The number of carbonyl (C=O) groups excluding carboxylic acids is 3. The molecule has 164 valence electrons. The van der Waals surface area contributed by atoms with Crippen molar-refractivity contribution in [2.75, 3.05) is 18.4 Å². The Bertz CT molecular complexity index is 820. The van der Waals surface area contributed by atoms with Crippen molar-refractivity contribution in [3.8, 4) is 0 Å². The summed E-state index contributed by atoms with van der Waals surface area (Å²) in [4.78, 5) is 38.5. The fraction of sp³-hybridized carbons (Fsp3) is 0.550. The van der Waals surface area contributed by atoms with Gasteiger partial charge in [-0.3, -0.25) is 14.5 Å². The van der Waals surface area contributed by atoms with E-state index in [9.17, 15) is 23.2 Å². The summed E-state index contributed by atoms with van der Waals surface area (Å²) in [5.41, 5.74) is -0.128. The highest BCUT2D eigenvalue weighted by molar-refractivity contribution is 5.90. The lowest BCUT2D eigenvalue weighted by Gasteiger charge is -2.37. The van der Waals surface area contributed by atoms with Gasteiger partial charge in [0.15, 0.2) is 0 Å². The molecular weight excluding hydrogens is 396 g/mol. The highest BCUT2D eigenvalue weighted by Crippen LogP contribution is 2.26. The van der Waals surface area contributed by atoms with Crippen molar-refractivity contribution in [1.82, 2.24) is 20.9 Å². The highest BCUT2D eigenvalue weighted by atomic mass is 19.1. The van der Waals surface area contributed by atoms with Crippen LogP contribution in [0.2, 0.25) is 0 Å². The van der Waals surface area contributed by atoms with Gasteiger partial charge in [-0.1, -0.05) is 0 Å². The van der Waals surface area contributed by atoms with Crippen molar-refractivity contribution in [1.29, 1.82) is 0 Å². The highest BCUT2D eigenvalue weighted by Gasteiger charge is 2.43. The molecule has 0 bridgehead atoms. The number of hydrogen-bond acceptors (Lipinski definition) is 4. The zero-order valence-corrected chi connectivity index (χ0v) is 17.0. The average Bonchev–Trinajstić information content (AvgIpc) is 3.07. The fourth-order valence-electron chi connectivity index (χ4n) is 3.97. The van der Waals surface area contributed by atoms with Crippen molar-refractivity contribution in [3.63, 3.8) is 0 Å². The van der Waals surface area contributed by atoms with E-state index < -0.39 is 17.7 Å². The summed E-state index contributed by atoms with van der Waals surface area (Å²) in [5, 5.41) is 10.8. The first-order chi connectivity index (χ1) is 14.2. The van der Waals surface area contributed by atoms with Gasteiger partial charge in [-0.2, -0.15) is 0 Å². The van der Waals surface area contributed by atoms with Crippen LogP contribution in [0.25, 0.3) is 0 Å². The second-order valence-electron chi connectivity index (χ2n) is 8.03. The summed E-state index contributed by atoms with van der Waals surface area (Å²) in [6.07, 6.45) is 1.36. The van der Waals surface area contributed by atoms with E-state index in [4.69, 9.17) is 0 Å². The van der Waals surface area contributed by atoms with Gasteiger partial charge in [0.25, 0.3) is 0 Å². The Labute approximate surface area is 173 Å². The zero-order chi connectivity index (χ0) is 21.8. The lowest BCUT2D eigenvalue weighted by Crippen LogP contribution is -2.58. The van der Waals surface area contributed by atoms with Gasteiger partial charge in [-0.05, 0) is 38.8 Å². The van der Waals surface area contributed by atoms with E-state index in [0.29, 0.717) is 38.4 Å². The SMILES string of the molecule is CC(C)NC(=O)CC[C@@H]1CNC(=O)[C@@H]2C[C@H](NC(=O)Nc3ccc(F)cc3F)CN12. The Morgan fingerprint density at radius 2 is 2.07 bits per heavy atom. The molecule has 0 radical (unpaired) electrons. The van der Waals surface area contributed by atoms with Crippen LogP contribution in [0, 0.1) is 11.6 Å². The number of amides is 4. The third kappa shape index (κ3) is 5.44. The largest absolute Gasteiger partial charge is 0.354 e. The lowest BCUT2D eigenvalue weighted by atomic mass is 10.0. The first kappa shape index (κ1) is 21.9. The molecule has 10 heteroatoms. The number of piperazine rings is 1. The van der Waals surface area contributed by atoms with Crippen LogP contribution in [-0.4, -0.2) is 60.0 Å². The quantitative estimate of drug-likeness (QED) is 0.554. The van der Waals surface area contributed by atoms with Crippen LogP contribution in [-0.2, 0) is 9.59 Å². The van der Waals surface area contributed by atoms with Gasteiger partial charge in [0, 0.05) is 43.7 Å². The first-order valence-electron chi connectivity index (χ1n) is 10.1. The van der Waals surface area contributed by atoms with Gasteiger partial charge in [-0.25, -0.2) is 13.6 Å². The van der Waals surface area contributed by atoms with Gasteiger partial charge >= 0.3 is 6.03 Å². The predicted molar refractivity (Wildman–Crippen MR) is 107 cm³/mol. The van der Waals surface area contributed by atoms with Crippen LogP contribution >= 0.6 is 0 Å². The monoisotopic (exact) mass is 423 g/mol. The summed E-state index contributed by atoms with van der Waals surface area (Å²) >= 11 is 0. The summed E-state index contributed by atoms with van der Waals surface area (Å²) < 4.78 is 26.7. The van der Waals surface area contributed by atoms with Crippen molar-refractivity contribution >= 4 is 23.5 Å². The minimum atomic E-state index is -0.867. The number of rotatable bonds is 6. The van der Waals surface area contributed by atoms with Crippen LogP contribution < -0.4 is 21.3 Å². The number of nitrogens with zero attached hydrogens (tertiary/aromatic N) is 1. The number of hydrogen-bond donors (Lipinski definition) is 4. The molecule has 2 aliphatic heterocycles. The number of fused-ring (bicyclic) bond motifs is 1. The second kappa shape index (κ2) is 9.38. The average molecular weight is 423 g/mol. The molecule has 0 aliphatic carbocycles. The Morgan fingerprint density at radius 3 is 2.77 bits per heavy atom. The molecule has 2 aliphatic rings. The fourth-order valence-corrected chi connectivity index (χ4v) is 3.97. The van der Waals surface area contributed by atoms with Gasteiger partial charge in [0.05, 0.1) is 11.7 Å². The maximum absolute atomic E-state index is 13.7. The number of halogens is 2. The Hall–Kier alpha value is -2.75. The lowest BCUT2D eigenvalue weighted by molar-refractivity contribution is -0.129. The molecular formula is C20H27F2N5O3. The molecule has 0 saturated carbocycles. The van der Waals surface area contributed by atoms with Gasteiger partial charge in [0.1, 0.15) is 11.6 Å². The number of carbonyl (C=O) groups is 3. The molecule has 30 heavy (non-hydrogen) atoms. The summed E-state index contributed by atoms with van der Waals surface area (Å²) in [7, 11) is 0. The minimum absolute atomic E-state index is 0.00461. The Balaban J connectivity index is 1.55. The Morgan fingerprint density at radius 1 is 1.30 bits per heavy atom. The van der Waals surface area contributed by atoms with Gasteiger partial charge < -0.3 is 21.3 Å². The summed E-state index contributed by atoms with van der Waals surface area (Å²) in [6.45, 7) is 4.70. The molecule has 2 fully saturated rings. The zero-order valence-electron chi connectivity index (χ0n) is 17.0. The molecule has 3 rings (SSSR count). The van der Waals surface area contributed by atoms with E-state index in [1.807, 2.05) is 18.7 Å². The standard InChI is InChI=1S/C20H27F2N5O3/c1-11(2)24-18(28)6-4-14-9-23-19(29)17-8-13(10-27(14)17)25-20(30)26-16-5-3-12(21)7-15(16)22/h3,5,7,11,13-14,17H,4,6,8-10H2,1-2H3,(H,23,29)(H,24,28)(H2,25,26,30)/t13-,14+,17-/m0/s1. The van der Waals surface area contributed by atoms with E-state index in [-0.39, 0.29) is 41.7 Å². The summed E-state index contributed by atoms with van der Waals surface area (Å²) in [5.74, 6) is -1.74. The molecule has 4 amide bonds. The molecule has 2 heterocycles. The van der Waals surface area contributed by atoms with E-state index >= 15 is 0 Å². The van der Waals surface area contributed by atoms with Crippen LogP contribution in [0.15, 0.2) is 18.2 Å². The minimum Gasteiger partial charge on any atom is -0.354 e. The molecule has 1 aromatic rings. The normalized spacial score (nSPS) is 23.6. The number of benzene rings is 1. The van der Waals surface area contributed by atoms with Crippen molar-refractivity contribution < 1.29 is 23.2 Å². The second-order valence-corrected chi connectivity index (χ2v) is 8.03. The smallest absolute Gasteiger partial charge is 0.319 e. The molecule has 0 aromatic heterocycles. The van der Waals surface area contributed by atoms with Crippen LogP contribution in [0.5, 0.6) is 0 Å². The molecule has 4 N–H and O–H groups in total. The molecule has 8 nitrogen and oxygen atoms in total. The molecule has 0 unspecified atom stereocenters. The van der Waals surface area contributed by atoms with Crippen molar-refractivity contribution in [2.45, 2.75) is 57.3 Å². The van der Waals surface area contributed by atoms with Gasteiger partial charge in [0.2, 0.25) is 11.8 Å². The number of nitrogens with one attached hydrogen (secondary N) is 4. The third-order valence-electron chi connectivity index (χ3n) is 5.29. The third-order valence-corrected chi connectivity index (χ3v) is 5.29. The number of anilines is 1. The summed E-state index contributed by atoms with van der Waals surface area (Å²) in [6, 6.07) is 1.64. The first-order valence-corrected chi connectivity index (χ1v) is 10.1. The van der Waals surface area contributed by atoms with Crippen LogP contribution in [0.4, 0.5) is 19.3 Å². The molecule has 3 atom stereocenters. The van der Waals surface area contributed by atoms with Crippen molar-refractivity contribution in [2.24, 2.45) is 0 Å². The topological polar surface area (TPSA) is 103 Å². The molecule has 0 spiro atoms. The maximum atomic E-state index is 13.7. The predicted octanol–water partition coefficient (Wildman–Crippen LogP) is 1.33. The van der Waals surface area contributed by atoms with Crippen molar-refractivity contribution in [3.05, 3.63) is 29.8 Å². The Kier molecular flexibility index (Phi) is 6.86. The van der Waals surface area contributed by atoms with E-state index in [0.717, 1.165) is 12.1 Å². The number of urea groups is 1. The van der Waals surface area contributed by atoms with Crippen LogP contribution in [0.3, 0.4) is 0 Å². The molecule has 2 saturated heterocycles. The van der Waals surface area contributed by atoms with Crippen LogP contribution in [0.1, 0.15) is 33.1 Å². The molecule has 1 aromatic carbocycles. The van der Waals surface area contributed by atoms with E-state index in [1.165, 1.54) is 0 Å². The van der Waals surface area contributed by atoms with E-state index in [2.05, 4.69) is 21.3 Å². The maximum Gasteiger partial charge on any atom is 0.319 e. The van der Waals surface area contributed by atoms with E-state index in [1.54, 1.807) is 0 Å².